The van der Waals surface area contributed by atoms with Crippen molar-refractivity contribution >= 4 is 5.78 Å². The Kier molecular flexibility index (Phi) is 4.18. The van der Waals surface area contributed by atoms with Gasteiger partial charge in [-0.05, 0) is 31.5 Å². The van der Waals surface area contributed by atoms with Crippen LogP contribution in [0.5, 0.6) is 17.2 Å². The van der Waals surface area contributed by atoms with Crippen LogP contribution < -0.4 is 14.2 Å². The number of quaternary nitrogens is 1. The van der Waals surface area contributed by atoms with E-state index in [-0.39, 0.29) is 18.6 Å². The fraction of sp³-hybridized carbons (Fsp3) is 0.476. The van der Waals surface area contributed by atoms with Gasteiger partial charge in [0.1, 0.15) is 17.6 Å². The van der Waals surface area contributed by atoms with Gasteiger partial charge in [0.05, 0.1) is 45.3 Å². The summed E-state index contributed by atoms with van der Waals surface area (Å²) < 4.78 is 23.3. The molecule has 0 saturated heterocycles. The normalized spacial score (nSPS) is 19.7. The fourth-order valence-corrected chi connectivity index (χ4v) is 4.31. The predicted octanol–water partition coefficient (Wildman–Crippen LogP) is 3.58. The fourth-order valence-electron chi connectivity index (χ4n) is 4.31. The van der Waals surface area contributed by atoms with Crippen LogP contribution in [0, 0.1) is 13.8 Å². The molecule has 2 aliphatic rings. The van der Waals surface area contributed by atoms with E-state index in [0.29, 0.717) is 33.7 Å². The molecule has 6 heteroatoms. The third-order valence-electron chi connectivity index (χ3n) is 5.80. The molecule has 1 aromatic heterocycles. The first kappa shape index (κ1) is 17.9. The van der Waals surface area contributed by atoms with Gasteiger partial charge in [-0.25, -0.2) is 0 Å². The Morgan fingerprint density at radius 1 is 1.26 bits per heavy atom. The number of benzene rings is 1. The van der Waals surface area contributed by atoms with Crippen LogP contribution in [-0.2, 0) is 6.42 Å². The minimum Gasteiger partial charge on any atom is -0.492 e. The molecule has 1 atom stereocenters. The molecule has 4 rings (SSSR count). The number of rotatable bonds is 4. The number of furan rings is 1. The molecule has 1 aromatic carbocycles. The lowest BCUT2D eigenvalue weighted by Gasteiger charge is -2.43. The van der Waals surface area contributed by atoms with Gasteiger partial charge in [-0.1, -0.05) is 0 Å². The van der Waals surface area contributed by atoms with Crippen molar-refractivity contribution in [3.05, 3.63) is 40.3 Å². The number of carbonyl (C=O) groups excluding carboxylic acids is 1. The monoisotopic (exact) mass is 372 g/mol. The number of nitrogens with zero attached hydrogens (tertiary/aromatic N) is 1. The summed E-state index contributed by atoms with van der Waals surface area (Å²) >= 11 is 0. The molecular formula is C21H26NO5+. The van der Waals surface area contributed by atoms with E-state index in [1.165, 1.54) is 5.56 Å². The summed E-state index contributed by atoms with van der Waals surface area (Å²) in [5.74, 6) is 3.60. The van der Waals surface area contributed by atoms with E-state index < -0.39 is 0 Å². The number of likely N-dealkylation sites (N-methyl/N-ethyl adjacent to an activating group) is 1. The molecular weight excluding hydrogens is 346 g/mol. The minimum atomic E-state index is -0.0275. The van der Waals surface area contributed by atoms with Gasteiger partial charge < -0.3 is 23.1 Å². The highest BCUT2D eigenvalue weighted by Gasteiger charge is 2.42. The molecule has 0 bridgehead atoms. The van der Waals surface area contributed by atoms with Crippen LogP contribution >= 0.6 is 0 Å². The van der Waals surface area contributed by atoms with Gasteiger partial charge in [0.25, 0.3) is 0 Å². The zero-order valence-electron chi connectivity index (χ0n) is 16.5. The molecule has 0 radical (unpaired) electrons. The lowest BCUT2D eigenvalue weighted by atomic mass is 9.86. The Morgan fingerprint density at radius 2 is 2.04 bits per heavy atom. The Hall–Kier alpha value is -2.47. The van der Waals surface area contributed by atoms with Crippen LogP contribution in [0.1, 0.15) is 45.5 Å². The number of ketones is 1. The first-order valence-corrected chi connectivity index (χ1v) is 9.24. The molecule has 0 spiro atoms. The molecule has 0 fully saturated rings. The van der Waals surface area contributed by atoms with Gasteiger partial charge in [-0.3, -0.25) is 4.79 Å². The predicted molar refractivity (Wildman–Crippen MR) is 99.7 cm³/mol. The molecule has 0 aliphatic carbocycles. The molecule has 2 aromatic rings. The largest absolute Gasteiger partial charge is 0.492 e. The van der Waals surface area contributed by atoms with Crippen LogP contribution in [0.25, 0.3) is 0 Å². The molecule has 3 heterocycles. The van der Waals surface area contributed by atoms with Crippen molar-refractivity contribution in [1.82, 2.24) is 0 Å². The highest BCUT2D eigenvalue weighted by Crippen LogP contribution is 2.51. The van der Waals surface area contributed by atoms with Gasteiger partial charge >= 0.3 is 0 Å². The number of hydrogen-bond acceptors (Lipinski definition) is 5. The van der Waals surface area contributed by atoms with Crippen LogP contribution in [0.2, 0.25) is 0 Å². The Bertz CT molecular complexity index is 912. The van der Waals surface area contributed by atoms with E-state index >= 15 is 0 Å². The second kappa shape index (κ2) is 6.30. The van der Waals surface area contributed by atoms with E-state index in [9.17, 15) is 4.79 Å². The van der Waals surface area contributed by atoms with Crippen LogP contribution in [0.3, 0.4) is 0 Å². The average molecular weight is 372 g/mol. The summed E-state index contributed by atoms with van der Waals surface area (Å²) in [7, 11) is 5.98. The van der Waals surface area contributed by atoms with Gasteiger partial charge in [0.15, 0.2) is 17.3 Å². The second-order valence-electron chi connectivity index (χ2n) is 7.94. The summed E-state index contributed by atoms with van der Waals surface area (Å²) in [4.78, 5) is 13.1. The lowest BCUT2D eigenvalue weighted by molar-refractivity contribution is -0.922. The van der Waals surface area contributed by atoms with Crippen molar-refractivity contribution in [1.29, 1.82) is 0 Å². The number of aryl methyl sites for hydroxylation is 2. The van der Waals surface area contributed by atoms with Crippen LogP contribution in [-0.4, -0.2) is 44.8 Å². The number of ether oxygens (including phenoxy) is 3. The number of fused-ring (bicyclic) bond motifs is 2. The van der Waals surface area contributed by atoms with E-state index in [4.69, 9.17) is 18.6 Å². The third kappa shape index (κ3) is 2.88. The average Bonchev–Trinajstić information content (AvgIpc) is 3.21. The summed E-state index contributed by atoms with van der Waals surface area (Å²) in [5.41, 5.74) is 2.90. The van der Waals surface area contributed by atoms with Crippen molar-refractivity contribution in [2.24, 2.45) is 0 Å². The third-order valence-corrected chi connectivity index (χ3v) is 5.80. The van der Waals surface area contributed by atoms with Crippen LogP contribution in [0.4, 0.5) is 0 Å². The second-order valence-corrected chi connectivity index (χ2v) is 7.94. The number of carbonyl (C=O) groups is 1. The summed E-state index contributed by atoms with van der Waals surface area (Å²) in [6.07, 6.45) is 1.29. The molecule has 0 saturated carbocycles. The molecule has 0 N–H and O–H groups in total. The van der Waals surface area contributed by atoms with E-state index in [2.05, 4.69) is 14.1 Å². The molecule has 27 heavy (non-hydrogen) atoms. The summed E-state index contributed by atoms with van der Waals surface area (Å²) in [6, 6.07) is 3.85. The van der Waals surface area contributed by atoms with Gasteiger partial charge in [0.2, 0.25) is 12.5 Å². The lowest BCUT2D eigenvalue weighted by Crippen LogP contribution is -2.48. The maximum absolute atomic E-state index is 13.1. The van der Waals surface area contributed by atoms with Crippen molar-refractivity contribution in [3.8, 4) is 17.2 Å². The molecule has 6 nitrogen and oxygen atoms in total. The summed E-state index contributed by atoms with van der Waals surface area (Å²) in [5, 5.41) is 0. The van der Waals surface area contributed by atoms with Gasteiger partial charge in [0, 0.05) is 6.42 Å². The maximum Gasteiger partial charge on any atom is 0.231 e. The van der Waals surface area contributed by atoms with E-state index in [1.807, 2.05) is 26.0 Å². The molecule has 144 valence electrons. The Balaban J connectivity index is 1.79. The van der Waals surface area contributed by atoms with E-state index in [1.54, 1.807) is 7.11 Å². The topological polar surface area (TPSA) is 57.9 Å². The molecule has 2 aliphatic heterocycles. The molecule has 0 amide bonds. The highest BCUT2D eigenvalue weighted by atomic mass is 16.7. The highest BCUT2D eigenvalue weighted by molar-refractivity contribution is 5.97. The Morgan fingerprint density at radius 3 is 2.70 bits per heavy atom. The molecule has 1 unspecified atom stereocenters. The van der Waals surface area contributed by atoms with Crippen molar-refractivity contribution in [2.45, 2.75) is 32.7 Å². The summed E-state index contributed by atoms with van der Waals surface area (Å²) in [6.45, 7) is 4.85. The Labute approximate surface area is 159 Å². The number of methoxy groups -OCH3 is 1. The van der Waals surface area contributed by atoms with E-state index in [0.717, 1.165) is 30.0 Å². The number of Topliss-reactive ketones (excluding diaryl/α,β-unsaturated/α-hetero) is 1. The van der Waals surface area contributed by atoms with Crippen molar-refractivity contribution in [2.75, 3.05) is 34.5 Å². The first-order valence-electron chi connectivity index (χ1n) is 9.24. The number of hydrogen-bond donors (Lipinski definition) is 0. The minimum absolute atomic E-state index is 0.0275. The SMILES string of the molecule is COc1c2c(cc3c1C(CC(=O)c1cc(C)oc1C)[N+](C)(C)CC3)OCO2. The first-order chi connectivity index (χ1) is 12.8. The zero-order valence-corrected chi connectivity index (χ0v) is 16.5. The zero-order chi connectivity index (χ0) is 19.3. The van der Waals surface area contributed by atoms with Crippen molar-refractivity contribution < 1.29 is 27.9 Å². The smallest absolute Gasteiger partial charge is 0.231 e. The van der Waals surface area contributed by atoms with Gasteiger partial charge in [-0.15, -0.1) is 0 Å². The van der Waals surface area contributed by atoms with Gasteiger partial charge in [-0.2, -0.15) is 0 Å². The standard InChI is InChI=1S/C21H26NO5/c1-12-8-15(13(2)27-12)17(23)10-16-19-14(6-7-22(16,3)4)9-18-20(21(19)24-5)26-11-25-18/h8-9,16H,6-7,10-11H2,1-5H3/q+1. The maximum atomic E-state index is 13.1. The van der Waals surface area contributed by atoms with Crippen LogP contribution in [0.15, 0.2) is 16.5 Å². The van der Waals surface area contributed by atoms with Crippen molar-refractivity contribution in [3.63, 3.8) is 0 Å². The quantitative estimate of drug-likeness (QED) is 0.606.